The summed E-state index contributed by atoms with van der Waals surface area (Å²) < 4.78 is 22.4. The van der Waals surface area contributed by atoms with Gasteiger partial charge in [-0.05, 0) is 26.0 Å². The molecule has 0 saturated carbocycles. The van der Waals surface area contributed by atoms with E-state index in [1.165, 1.54) is 31.9 Å². The molecule has 0 bridgehead atoms. The van der Waals surface area contributed by atoms with E-state index >= 15 is 0 Å². The van der Waals surface area contributed by atoms with Crippen molar-refractivity contribution < 1.29 is 18.3 Å². The van der Waals surface area contributed by atoms with Crippen molar-refractivity contribution in [3.63, 3.8) is 0 Å². The van der Waals surface area contributed by atoms with Crippen LogP contribution in [0.2, 0.25) is 0 Å². The number of aryl methyl sites for hydroxylation is 2. The van der Waals surface area contributed by atoms with Crippen molar-refractivity contribution >= 4 is 0 Å². The maximum atomic E-state index is 12.6. The van der Waals surface area contributed by atoms with Gasteiger partial charge in [-0.1, -0.05) is 0 Å². The molecule has 0 aliphatic heterocycles. The fourth-order valence-electron chi connectivity index (χ4n) is 2.80. The fraction of sp³-hybridized carbons (Fsp3) is 0.278. The first kappa shape index (κ1) is 18.3. The minimum atomic E-state index is -0.944. The number of benzene rings is 1. The summed E-state index contributed by atoms with van der Waals surface area (Å²) in [6, 6.07) is 5.18. The highest BCUT2D eigenvalue weighted by Gasteiger charge is 2.18. The Kier molecular flexibility index (Phi) is 4.76. The third kappa shape index (κ3) is 3.31. The Morgan fingerprint density at radius 2 is 1.74 bits per heavy atom. The first-order chi connectivity index (χ1) is 12.8. The summed E-state index contributed by atoms with van der Waals surface area (Å²) in [6.07, 6.45) is 1.50. The predicted octanol–water partition coefficient (Wildman–Crippen LogP) is 1.23. The summed E-state index contributed by atoms with van der Waals surface area (Å²) in [6.45, 7) is 3.21. The van der Waals surface area contributed by atoms with Crippen LogP contribution >= 0.6 is 0 Å². The number of methoxy groups -OCH3 is 2. The minimum absolute atomic E-state index is 0.103. The van der Waals surface area contributed by atoms with E-state index in [1.807, 2.05) is 0 Å². The molecule has 1 aromatic carbocycles. The molecule has 0 aliphatic rings. The van der Waals surface area contributed by atoms with Crippen LogP contribution in [-0.4, -0.2) is 23.4 Å². The summed E-state index contributed by atoms with van der Waals surface area (Å²) in [5, 5.41) is 0. The monoisotopic (exact) mass is 374 g/mol. The Balaban J connectivity index is 2.10. The molecular weight excluding hydrogens is 356 g/mol. The zero-order valence-electron chi connectivity index (χ0n) is 15.3. The largest absolute Gasteiger partial charge is 0.520 e. The Morgan fingerprint density at radius 3 is 2.33 bits per heavy atom. The normalized spacial score (nSPS) is 10.8. The molecule has 0 fully saturated rings. The summed E-state index contributed by atoms with van der Waals surface area (Å²) >= 11 is 0. The van der Waals surface area contributed by atoms with E-state index in [2.05, 4.69) is 0 Å². The molecule has 0 N–H and O–H groups in total. The Morgan fingerprint density at radius 1 is 1.00 bits per heavy atom. The maximum Gasteiger partial charge on any atom is 0.520 e. The second-order valence-corrected chi connectivity index (χ2v) is 5.84. The van der Waals surface area contributed by atoms with E-state index in [9.17, 15) is 14.4 Å². The van der Waals surface area contributed by atoms with Crippen molar-refractivity contribution in [2.45, 2.75) is 20.4 Å². The lowest BCUT2D eigenvalue weighted by molar-refractivity contribution is 0.374. The first-order valence-corrected chi connectivity index (χ1v) is 8.00. The van der Waals surface area contributed by atoms with Crippen LogP contribution in [0.25, 0.3) is 5.88 Å². The van der Waals surface area contributed by atoms with Crippen LogP contribution in [0.1, 0.15) is 17.0 Å². The van der Waals surface area contributed by atoms with Crippen LogP contribution in [0.3, 0.4) is 0 Å². The van der Waals surface area contributed by atoms with Gasteiger partial charge in [0.05, 0.1) is 20.8 Å². The van der Waals surface area contributed by atoms with Crippen molar-refractivity contribution in [1.29, 1.82) is 0 Å². The van der Waals surface area contributed by atoms with Crippen molar-refractivity contribution in [3.8, 4) is 17.4 Å². The summed E-state index contributed by atoms with van der Waals surface area (Å²) in [4.78, 5) is 36.4. The first-order valence-electron chi connectivity index (χ1n) is 8.00. The molecule has 27 heavy (non-hydrogen) atoms. The molecule has 3 rings (SSSR count). The SMILES string of the molecule is COc1ccc(Cn2cc(C)n(-c3oc(=O)oc3C)c(=O)c2=O)c(OC)c1. The fourth-order valence-corrected chi connectivity index (χ4v) is 2.80. The van der Waals surface area contributed by atoms with Crippen LogP contribution in [0.4, 0.5) is 0 Å². The van der Waals surface area contributed by atoms with Crippen molar-refractivity contribution in [2.24, 2.45) is 0 Å². The Labute approximate surface area is 153 Å². The zero-order chi connectivity index (χ0) is 19.7. The molecule has 9 heteroatoms. The van der Waals surface area contributed by atoms with Gasteiger partial charge in [-0.3, -0.25) is 9.59 Å². The molecule has 0 aliphatic carbocycles. The predicted molar refractivity (Wildman–Crippen MR) is 95.2 cm³/mol. The standard InChI is InChI=1S/C18H18N2O7/c1-10-8-19(9-12-5-6-13(24-3)7-14(12)25-4)15(21)16(22)20(10)17-11(2)26-18(23)27-17/h5-8H,9H2,1-4H3. The van der Waals surface area contributed by atoms with Gasteiger partial charge in [0, 0.05) is 23.5 Å². The van der Waals surface area contributed by atoms with Gasteiger partial charge in [0.15, 0.2) is 5.76 Å². The van der Waals surface area contributed by atoms with Crippen LogP contribution in [0.5, 0.6) is 11.5 Å². The molecule has 0 radical (unpaired) electrons. The van der Waals surface area contributed by atoms with Crippen molar-refractivity contribution in [2.75, 3.05) is 14.2 Å². The molecule has 0 amide bonds. The van der Waals surface area contributed by atoms with Gasteiger partial charge in [-0.25, -0.2) is 9.36 Å². The van der Waals surface area contributed by atoms with Crippen LogP contribution in [0.15, 0.2) is 47.6 Å². The van der Waals surface area contributed by atoms with E-state index in [4.69, 9.17) is 18.3 Å². The van der Waals surface area contributed by atoms with Gasteiger partial charge in [-0.15, -0.1) is 0 Å². The van der Waals surface area contributed by atoms with Gasteiger partial charge in [-0.2, -0.15) is 0 Å². The topological polar surface area (TPSA) is 106 Å². The molecule has 0 atom stereocenters. The van der Waals surface area contributed by atoms with Crippen LogP contribution in [-0.2, 0) is 6.54 Å². The number of hydrogen-bond donors (Lipinski definition) is 0. The molecule has 0 saturated heterocycles. The maximum absolute atomic E-state index is 12.6. The molecule has 3 aromatic rings. The summed E-state index contributed by atoms with van der Waals surface area (Å²) in [7, 11) is 3.05. The van der Waals surface area contributed by atoms with E-state index in [1.54, 1.807) is 25.1 Å². The molecule has 0 spiro atoms. The Bertz CT molecular complexity index is 1160. The van der Waals surface area contributed by atoms with Gasteiger partial charge >= 0.3 is 16.9 Å². The average molecular weight is 374 g/mol. The molecule has 2 heterocycles. The quantitative estimate of drug-likeness (QED) is 0.618. The zero-order valence-corrected chi connectivity index (χ0v) is 15.3. The molecule has 0 unspecified atom stereocenters. The van der Waals surface area contributed by atoms with E-state index in [0.717, 1.165) is 4.57 Å². The lowest BCUT2D eigenvalue weighted by Crippen LogP contribution is -2.41. The highest BCUT2D eigenvalue weighted by Crippen LogP contribution is 2.25. The second kappa shape index (κ2) is 7.02. The molecular formula is C18H18N2O7. The van der Waals surface area contributed by atoms with Gasteiger partial charge in [0.25, 0.3) is 5.88 Å². The summed E-state index contributed by atoms with van der Waals surface area (Å²) in [5.41, 5.74) is -0.528. The summed E-state index contributed by atoms with van der Waals surface area (Å²) in [5.74, 6) is 0.202. The van der Waals surface area contributed by atoms with Gasteiger partial charge in [0.1, 0.15) is 11.5 Å². The van der Waals surface area contributed by atoms with Crippen molar-refractivity contribution in [1.82, 2.24) is 9.13 Å². The number of rotatable bonds is 5. The molecule has 142 valence electrons. The average Bonchev–Trinajstić information content (AvgIpc) is 2.97. The number of nitrogens with zero attached hydrogens (tertiary/aromatic N) is 2. The highest BCUT2D eigenvalue weighted by molar-refractivity contribution is 5.41. The Hall–Kier alpha value is -3.49. The van der Waals surface area contributed by atoms with Gasteiger partial charge < -0.3 is 22.9 Å². The third-order valence-electron chi connectivity index (χ3n) is 4.10. The number of aromatic nitrogens is 2. The number of hydrogen-bond acceptors (Lipinski definition) is 7. The third-order valence-corrected chi connectivity index (χ3v) is 4.10. The molecule has 9 nitrogen and oxygen atoms in total. The van der Waals surface area contributed by atoms with Gasteiger partial charge in [0.2, 0.25) is 0 Å². The smallest absolute Gasteiger partial charge is 0.497 e. The lowest BCUT2D eigenvalue weighted by atomic mass is 10.2. The van der Waals surface area contributed by atoms with Crippen LogP contribution < -0.4 is 26.4 Å². The molecule has 2 aromatic heterocycles. The van der Waals surface area contributed by atoms with Crippen molar-refractivity contribution in [3.05, 3.63) is 72.7 Å². The highest BCUT2D eigenvalue weighted by atomic mass is 16.6. The van der Waals surface area contributed by atoms with Crippen LogP contribution in [0, 0.1) is 13.8 Å². The number of ether oxygens (including phenoxy) is 2. The van der Waals surface area contributed by atoms with E-state index in [-0.39, 0.29) is 18.2 Å². The van der Waals surface area contributed by atoms with E-state index in [0.29, 0.717) is 22.8 Å². The minimum Gasteiger partial charge on any atom is -0.497 e. The second-order valence-electron chi connectivity index (χ2n) is 5.84. The lowest BCUT2D eigenvalue weighted by Gasteiger charge is -2.14. The van der Waals surface area contributed by atoms with E-state index < -0.39 is 16.9 Å².